The van der Waals surface area contributed by atoms with E-state index in [1.807, 2.05) is 0 Å². The third-order valence-corrected chi connectivity index (χ3v) is 4.58. The van der Waals surface area contributed by atoms with Crippen molar-refractivity contribution in [3.63, 3.8) is 0 Å². The van der Waals surface area contributed by atoms with E-state index in [0.29, 0.717) is 28.0 Å². The van der Waals surface area contributed by atoms with Crippen LogP contribution in [0.4, 0.5) is 13.2 Å². The van der Waals surface area contributed by atoms with Crippen LogP contribution in [0.5, 0.6) is 0 Å². The van der Waals surface area contributed by atoms with E-state index in [4.69, 9.17) is 5.84 Å². The SMILES string of the molecule is CC1CCC(C(NN)c2cnc(C(F)(F)F)s2)C1. The minimum absolute atomic E-state index is 0.219. The van der Waals surface area contributed by atoms with Crippen LogP contribution in [0.25, 0.3) is 0 Å². The Morgan fingerprint density at radius 1 is 1.50 bits per heavy atom. The van der Waals surface area contributed by atoms with Crippen molar-refractivity contribution in [2.45, 2.75) is 38.4 Å². The molecule has 3 nitrogen and oxygen atoms in total. The zero-order chi connectivity index (χ0) is 13.3. The van der Waals surface area contributed by atoms with Crippen LogP contribution in [-0.2, 0) is 6.18 Å². The second-order valence-electron chi connectivity index (χ2n) is 4.89. The monoisotopic (exact) mass is 279 g/mol. The highest BCUT2D eigenvalue weighted by molar-refractivity contribution is 7.11. The van der Waals surface area contributed by atoms with Gasteiger partial charge in [-0.05, 0) is 24.7 Å². The number of rotatable bonds is 3. The van der Waals surface area contributed by atoms with Gasteiger partial charge in [0.2, 0.25) is 0 Å². The number of hydrazine groups is 1. The topological polar surface area (TPSA) is 50.9 Å². The third kappa shape index (κ3) is 2.84. The van der Waals surface area contributed by atoms with Gasteiger partial charge < -0.3 is 0 Å². The number of thiazole rings is 1. The van der Waals surface area contributed by atoms with Crippen LogP contribution in [-0.4, -0.2) is 4.98 Å². The lowest BCUT2D eigenvalue weighted by Gasteiger charge is -2.21. The summed E-state index contributed by atoms with van der Waals surface area (Å²) in [5.74, 6) is 6.41. The van der Waals surface area contributed by atoms with E-state index in [1.54, 1.807) is 0 Å². The van der Waals surface area contributed by atoms with E-state index >= 15 is 0 Å². The number of alkyl halides is 3. The van der Waals surface area contributed by atoms with Gasteiger partial charge in [0.05, 0.1) is 6.04 Å². The normalized spacial score (nSPS) is 26.5. The molecule has 3 unspecified atom stereocenters. The van der Waals surface area contributed by atoms with E-state index in [9.17, 15) is 13.2 Å². The molecule has 1 aliphatic rings. The predicted octanol–water partition coefficient (Wildman–Crippen LogP) is 3.10. The van der Waals surface area contributed by atoms with Crippen LogP contribution >= 0.6 is 11.3 Å². The Morgan fingerprint density at radius 3 is 2.67 bits per heavy atom. The Kier molecular flexibility index (Phi) is 3.93. The average molecular weight is 279 g/mol. The van der Waals surface area contributed by atoms with Gasteiger partial charge in [0.1, 0.15) is 0 Å². The minimum Gasteiger partial charge on any atom is -0.271 e. The molecule has 0 spiro atoms. The molecule has 2 rings (SSSR count). The molecule has 1 saturated carbocycles. The summed E-state index contributed by atoms with van der Waals surface area (Å²) in [5.41, 5.74) is 2.65. The number of hydrogen-bond acceptors (Lipinski definition) is 4. The standard InChI is InChI=1S/C11H16F3N3S/c1-6-2-3-7(4-6)9(17-15)8-5-16-10(18-8)11(12,13)14/h5-7,9,17H,2-4,15H2,1H3. The average Bonchev–Trinajstić information content (AvgIpc) is 2.88. The van der Waals surface area contributed by atoms with E-state index < -0.39 is 11.2 Å². The van der Waals surface area contributed by atoms with E-state index in [0.717, 1.165) is 19.3 Å². The highest BCUT2D eigenvalue weighted by Gasteiger charge is 2.37. The van der Waals surface area contributed by atoms with Crippen molar-refractivity contribution in [1.29, 1.82) is 0 Å². The molecule has 1 aromatic rings. The van der Waals surface area contributed by atoms with Crippen LogP contribution in [0.3, 0.4) is 0 Å². The highest BCUT2D eigenvalue weighted by atomic mass is 32.1. The molecule has 0 aromatic carbocycles. The molecule has 1 heterocycles. The van der Waals surface area contributed by atoms with Crippen molar-refractivity contribution < 1.29 is 13.2 Å². The van der Waals surface area contributed by atoms with E-state index in [2.05, 4.69) is 17.3 Å². The van der Waals surface area contributed by atoms with Gasteiger partial charge in [-0.15, -0.1) is 11.3 Å². The number of hydrogen-bond donors (Lipinski definition) is 2. The van der Waals surface area contributed by atoms with E-state index in [-0.39, 0.29) is 6.04 Å². The lowest BCUT2D eigenvalue weighted by Crippen LogP contribution is -2.32. The first-order valence-electron chi connectivity index (χ1n) is 5.91. The zero-order valence-corrected chi connectivity index (χ0v) is 10.8. The maximum atomic E-state index is 12.5. The largest absolute Gasteiger partial charge is 0.443 e. The smallest absolute Gasteiger partial charge is 0.271 e. The molecular weight excluding hydrogens is 263 g/mol. The first kappa shape index (κ1) is 13.8. The van der Waals surface area contributed by atoms with Gasteiger partial charge in [-0.3, -0.25) is 11.3 Å². The fourth-order valence-corrected chi connectivity index (χ4v) is 3.50. The van der Waals surface area contributed by atoms with Gasteiger partial charge in [0.25, 0.3) is 0 Å². The molecule has 0 radical (unpaired) electrons. The summed E-state index contributed by atoms with van der Waals surface area (Å²) >= 11 is 0.682. The van der Waals surface area contributed by atoms with Crippen molar-refractivity contribution >= 4 is 11.3 Å². The van der Waals surface area contributed by atoms with Gasteiger partial charge in [-0.1, -0.05) is 13.3 Å². The van der Waals surface area contributed by atoms with Crippen molar-refractivity contribution in [3.8, 4) is 0 Å². The van der Waals surface area contributed by atoms with Crippen LogP contribution < -0.4 is 11.3 Å². The molecule has 1 fully saturated rings. The maximum Gasteiger partial charge on any atom is 0.443 e. The summed E-state index contributed by atoms with van der Waals surface area (Å²) in [7, 11) is 0. The number of nitrogens with two attached hydrogens (primary N) is 1. The summed E-state index contributed by atoms with van der Waals surface area (Å²) in [5, 5.41) is -0.802. The molecule has 18 heavy (non-hydrogen) atoms. The van der Waals surface area contributed by atoms with Crippen molar-refractivity contribution in [2.24, 2.45) is 17.7 Å². The van der Waals surface area contributed by atoms with Crippen molar-refractivity contribution in [3.05, 3.63) is 16.1 Å². The van der Waals surface area contributed by atoms with Crippen LogP contribution in [0.15, 0.2) is 6.20 Å². The lowest BCUT2D eigenvalue weighted by molar-refractivity contribution is -0.137. The summed E-state index contributed by atoms with van der Waals surface area (Å²) in [6.45, 7) is 2.15. The Hall–Kier alpha value is -0.660. The second-order valence-corrected chi connectivity index (χ2v) is 5.95. The summed E-state index contributed by atoms with van der Waals surface area (Å²) in [4.78, 5) is 4.02. The van der Waals surface area contributed by atoms with Gasteiger partial charge >= 0.3 is 6.18 Å². The number of nitrogens with one attached hydrogen (secondary N) is 1. The Labute approximate surface area is 108 Å². The Balaban J connectivity index is 2.15. The maximum absolute atomic E-state index is 12.5. The van der Waals surface area contributed by atoms with E-state index in [1.165, 1.54) is 6.20 Å². The summed E-state index contributed by atoms with van der Waals surface area (Å²) in [6.07, 6.45) is 0.0171. The van der Waals surface area contributed by atoms with Gasteiger partial charge in [-0.25, -0.2) is 4.98 Å². The molecule has 102 valence electrons. The molecule has 0 aliphatic heterocycles. The van der Waals surface area contributed by atoms with Crippen LogP contribution in [0.2, 0.25) is 0 Å². The summed E-state index contributed by atoms with van der Waals surface area (Å²) in [6, 6.07) is -0.219. The Morgan fingerprint density at radius 2 is 2.22 bits per heavy atom. The van der Waals surface area contributed by atoms with Crippen LogP contribution in [0, 0.1) is 11.8 Å². The minimum atomic E-state index is -4.37. The lowest BCUT2D eigenvalue weighted by atomic mass is 9.96. The van der Waals surface area contributed by atoms with Gasteiger partial charge in [-0.2, -0.15) is 13.2 Å². The molecule has 1 aliphatic carbocycles. The summed E-state index contributed by atoms with van der Waals surface area (Å²) < 4.78 is 37.5. The van der Waals surface area contributed by atoms with Gasteiger partial charge in [0, 0.05) is 11.1 Å². The molecular formula is C11H16F3N3S. The molecule has 1 aromatic heterocycles. The number of aromatic nitrogens is 1. The third-order valence-electron chi connectivity index (χ3n) is 3.46. The molecule has 7 heteroatoms. The highest BCUT2D eigenvalue weighted by Crippen LogP contribution is 2.41. The van der Waals surface area contributed by atoms with Crippen molar-refractivity contribution in [2.75, 3.05) is 0 Å². The predicted molar refractivity (Wildman–Crippen MR) is 63.7 cm³/mol. The quantitative estimate of drug-likeness (QED) is 0.660. The molecule has 3 N–H and O–H groups in total. The first-order valence-corrected chi connectivity index (χ1v) is 6.72. The molecule has 0 saturated heterocycles. The fourth-order valence-electron chi connectivity index (χ4n) is 2.57. The fraction of sp³-hybridized carbons (Fsp3) is 0.727. The molecule has 0 amide bonds. The zero-order valence-electron chi connectivity index (χ0n) is 10.00. The second kappa shape index (κ2) is 5.14. The molecule has 3 atom stereocenters. The molecule has 0 bridgehead atoms. The number of halogens is 3. The van der Waals surface area contributed by atoms with Gasteiger partial charge in [0.15, 0.2) is 5.01 Å². The van der Waals surface area contributed by atoms with Crippen molar-refractivity contribution in [1.82, 2.24) is 10.4 Å². The number of nitrogens with zero attached hydrogens (tertiary/aromatic N) is 1. The first-order chi connectivity index (χ1) is 8.41. The Bertz CT molecular complexity index is 404. The van der Waals surface area contributed by atoms with Crippen LogP contribution in [0.1, 0.15) is 42.1 Å².